The van der Waals surface area contributed by atoms with Gasteiger partial charge in [0.05, 0.1) is 16.4 Å². The fourth-order valence-electron chi connectivity index (χ4n) is 1.74. The smallest absolute Gasteiger partial charge is 0.133 e. The van der Waals surface area contributed by atoms with E-state index in [9.17, 15) is 0 Å². The number of aromatic nitrogens is 2. The molecule has 0 atom stereocenters. The van der Waals surface area contributed by atoms with Gasteiger partial charge in [-0.1, -0.05) is 48.7 Å². The quantitative estimate of drug-likeness (QED) is 0.777. The van der Waals surface area contributed by atoms with Gasteiger partial charge in [0.15, 0.2) is 0 Å². The summed E-state index contributed by atoms with van der Waals surface area (Å²) < 4.78 is 1.64. The second kappa shape index (κ2) is 5.52. The fourth-order valence-corrected chi connectivity index (χ4v) is 2.49. The van der Waals surface area contributed by atoms with Crippen LogP contribution in [0, 0.1) is 5.92 Å². The predicted molar refractivity (Wildman–Crippen MR) is 77.1 cm³/mol. The van der Waals surface area contributed by atoms with Gasteiger partial charge >= 0.3 is 0 Å². The summed E-state index contributed by atoms with van der Waals surface area (Å²) in [7, 11) is 0. The Balaban J connectivity index is 2.41. The van der Waals surface area contributed by atoms with Crippen LogP contribution in [0.5, 0.6) is 0 Å². The lowest BCUT2D eigenvalue weighted by atomic mass is 10.1. The third-order valence-electron chi connectivity index (χ3n) is 2.47. The molecule has 0 radical (unpaired) electrons. The Labute approximate surface area is 121 Å². The van der Waals surface area contributed by atoms with E-state index in [1.54, 1.807) is 16.8 Å². The van der Waals surface area contributed by atoms with Gasteiger partial charge < -0.3 is 0 Å². The Morgan fingerprint density at radius 2 is 1.89 bits per heavy atom. The van der Waals surface area contributed by atoms with Gasteiger partial charge in [-0.05, 0) is 36.6 Å². The number of nitrogens with zero attached hydrogens (tertiary/aromatic N) is 2. The lowest BCUT2D eigenvalue weighted by molar-refractivity contribution is 0.628. The molecule has 0 aliphatic carbocycles. The van der Waals surface area contributed by atoms with Crippen LogP contribution in [0.2, 0.25) is 15.2 Å². The molecule has 18 heavy (non-hydrogen) atoms. The molecular formula is C13H13Cl3N2. The van der Waals surface area contributed by atoms with Gasteiger partial charge in [-0.15, -0.1) is 0 Å². The first-order chi connectivity index (χ1) is 8.47. The second-order valence-corrected chi connectivity index (χ2v) is 5.79. The summed E-state index contributed by atoms with van der Waals surface area (Å²) >= 11 is 18.2. The molecule has 0 N–H and O–H groups in total. The topological polar surface area (TPSA) is 17.8 Å². The molecule has 2 aromatic rings. The Hall–Kier alpha value is -0.700. The van der Waals surface area contributed by atoms with Crippen molar-refractivity contribution < 1.29 is 0 Å². The van der Waals surface area contributed by atoms with Gasteiger partial charge in [0, 0.05) is 5.02 Å². The molecule has 0 aliphatic heterocycles. The van der Waals surface area contributed by atoms with Crippen molar-refractivity contribution in [1.82, 2.24) is 9.78 Å². The van der Waals surface area contributed by atoms with Crippen LogP contribution in [-0.4, -0.2) is 9.78 Å². The number of halogens is 3. The highest BCUT2D eigenvalue weighted by molar-refractivity contribution is 6.36. The number of rotatable bonds is 3. The van der Waals surface area contributed by atoms with Crippen LogP contribution in [0.25, 0.3) is 5.69 Å². The Kier molecular flexibility index (Phi) is 4.21. The van der Waals surface area contributed by atoms with Crippen molar-refractivity contribution in [2.24, 2.45) is 5.92 Å². The summed E-state index contributed by atoms with van der Waals surface area (Å²) in [6, 6.07) is 7.12. The summed E-state index contributed by atoms with van der Waals surface area (Å²) in [4.78, 5) is 0. The highest BCUT2D eigenvalue weighted by Gasteiger charge is 2.11. The standard InChI is InChI=1S/C13H13Cl3N2/c1-8(2)5-10-7-13(16)18(17-10)12-4-3-9(14)6-11(12)15/h3-4,6-8H,5H2,1-2H3. The van der Waals surface area contributed by atoms with Crippen LogP contribution in [0.1, 0.15) is 19.5 Å². The van der Waals surface area contributed by atoms with Crippen LogP contribution in [0.4, 0.5) is 0 Å². The van der Waals surface area contributed by atoms with E-state index in [1.807, 2.05) is 12.1 Å². The van der Waals surface area contributed by atoms with Crippen molar-refractivity contribution in [3.8, 4) is 5.69 Å². The lowest BCUT2D eigenvalue weighted by Gasteiger charge is -2.06. The largest absolute Gasteiger partial charge is 0.220 e. The molecule has 0 bridgehead atoms. The van der Waals surface area contributed by atoms with E-state index in [-0.39, 0.29) is 0 Å². The van der Waals surface area contributed by atoms with Crippen LogP contribution in [0.15, 0.2) is 24.3 Å². The molecule has 0 saturated carbocycles. The van der Waals surface area contributed by atoms with Crippen molar-refractivity contribution in [1.29, 1.82) is 0 Å². The van der Waals surface area contributed by atoms with Gasteiger partial charge in [-0.2, -0.15) is 5.10 Å². The van der Waals surface area contributed by atoms with E-state index in [0.29, 0.717) is 21.1 Å². The molecule has 0 amide bonds. The van der Waals surface area contributed by atoms with Gasteiger partial charge in [0.2, 0.25) is 0 Å². The molecule has 5 heteroatoms. The molecule has 0 spiro atoms. The summed E-state index contributed by atoms with van der Waals surface area (Å²) in [5, 5.41) is 6.14. The van der Waals surface area contributed by atoms with Crippen molar-refractivity contribution in [3.05, 3.63) is 45.2 Å². The van der Waals surface area contributed by atoms with E-state index in [1.165, 1.54) is 0 Å². The van der Waals surface area contributed by atoms with Gasteiger partial charge in [0.1, 0.15) is 5.15 Å². The third kappa shape index (κ3) is 3.00. The third-order valence-corrected chi connectivity index (χ3v) is 3.28. The molecule has 0 aliphatic rings. The number of benzene rings is 1. The van der Waals surface area contributed by atoms with Crippen molar-refractivity contribution >= 4 is 34.8 Å². The fraction of sp³-hybridized carbons (Fsp3) is 0.308. The maximum absolute atomic E-state index is 6.18. The first-order valence-electron chi connectivity index (χ1n) is 5.67. The first-order valence-corrected chi connectivity index (χ1v) is 6.80. The van der Waals surface area contributed by atoms with E-state index in [2.05, 4.69) is 18.9 Å². The summed E-state index contributed by atoms with van der Waals surface area (Å²) in [6.45, 7) is 4.28. The van der Waals surface area contributed by atoms with E-state index >= 15 is 0 Å². The molecule has 1 aromatic carbocycles. The molecule has 0 saturated heterocycles. The average molecular weight is 304 g/mol. The molecule has 0 fully saturated rings. The summed E-state index contributed by atoms with van der Waals surface area (Å²) in [5.74, 6) is 0.533. The Morgan fingerprint density at radius 1 is 1.17 bits per heavy atom. The maximum atomic E-state index is 6.18. The predicted octanol–water partition coefficient (Wildman–Crippen LogP) is 5.03. The highest BCUT2D eigenvalue weighted by atomic mass is 35.5. The monoisotopic (exact) mass is 302 g/mol. The van der Waals surface area contributed by atoms with Crippen LogP contribution in [0.3, 0.4) is 0 Å². The zero-order valence-corrected chi connectivity index (χ0v) is 12.4. The van der Waals surface area contributed by atoms with Crippen LogP contribution >= 0.6 is 34.8 Å². The van der Waals surface area contributed by atoms with Crippen molar-refractivity contribution in [3.63, 3.8) is 0 Å². The zero-order valence-electron chi connectivity index (χ0n) is 10.1. The molecule has 1 heterocycles. The molecule has 0 unspecified atom stereocenters. The molecule has 2 nitrogen and oxygen atoms in total. The Bertz CT molecular complexity index is 561. The molecular weight excluding hydrogens is 291 g/mol. The second-order valence-electron chi connectivity index (χ2n) is 4.56. The zero-order chi connectivity index (χ0) is 13.3. The normalized spacial score (nSPS) is 11.2. The van der Waals surface area contributed by atoms with E-state index in [0.717, 1.165) is 17.8 Å². The molecule has 1 aromatic heterocycles. The van der Waals surface area contributed by atoms with Crippen molar-refractivity contribution in [2.75, 3.05) is 0 Å². The van der Waals surface area contributed by atoms with Crippen molar-refractivity contribution in [2.45, 2.75) is 20.3 Å². The van der Waals surface area contributed by atoms with Gasteiger partial charge in [0.25, 0.3) is 0 Å². The van der Waals surface area contributed by atoms with Crippen LogP contribution in [-0.2, 0) is 6.42 Å². The minimum atomic E-state index is 0.531. The first kappa shape index (κ1) is 13.7. The number of hydrogen-bond donors (Lipinski definition) is 0. The van der Waals surface area contributed by atoms with Gasteiger partial charge in [-0.3, -0.25) is 0 Å². The Morgan fingerprint density at radius 3 is 2.50 bits per heavy atom. The van der Waals surface area contributed by atoms with Crippen LogP contribution < -0.4 is 0 Å². The lowest BCUT2D eigenvalue weighted by Crippen LogP contribution is -2.00. The SMILES string of the molecule is CC(C)Cc1cc(Cl)n(-c2ccc(Cl)cc2Cl)n1. The van der Waals surface area contributed by atoms with Gasteiger partial charge in [-0.25, -0.2) is 4.68 Å². The number of hydrogen-bond acceptors (Lipinski definition) is 1. The highest BCUT2D eigenvalue weighted by Crippen LogP contribution is 2.27. The maximum Gasteiger partial charge on any atom is 0.133 e. The summed E-state index contributed by atoms with van der Waals surface area (Å²) in [6.07, 6.45) is 0.887. The molecule has 96 valence electrons. The average Bonchev–Trinajstić information content (AvgIpc) is 2.58. The van der Waals surface area contributed by atoms with E-state index in [4.69, 9.17) is 34.8 Å². The van der Waals surface area contributed by atoms with E-state index < -0.39 is 0 Å². The molecule has 2 rings (SSSR count). The minimum Gasteiger partial charge on any atom is -0.220 e. The summed E-state index contributed by atoms with van der Waals surface area (Å²) in [5.41, 5.74) is 1.70. The minimum absolute atomic E-state index is 0.531.